The number of carbonyl (C=O) groups excluding carboxylic acids is 1. The van der Waals surface area contributed by atoms with E-state index < -0.39 is 17.1 Å². The molecule has 8 heteroatoms. The highest BCUT2D eigenvalue weighted by molar-refractivity contribution is 7.90. The molecule has 142 valence electrons. The highest BCUT2D eigenvalue weighted by Crippen LogP contribution is 2.27. The van der Waals surface area contributed by atoms with Crippen molar-refractivity contribution in [3.05, 3.63) is 46.3 Å². The Morgan fingerprint density at radius 1 is 1.22 bits per heavy atom. The lowest BCUT2D eigenvalue weighted by Gasteiger charge is -2.13. The Bertz CT molecular complexity index is 1020. The average Bonchev–Trinajstić information content (AvgIpc) is 3.06. The normalized spacial score (nSPS) is 12.2. The molecule has 7 nitrogen and oxygen atoms in total. The van der Waals surface area contributed by atoms with Crippen LogP contribution in [-0.2, 0) is 21.7 Å². The quantitative estimate of drug-likeness (QED) is 0.534. The van der Waals surface area contributed by atoms with E-state index in [-0.39, 0.29) is 5.75 Å². The zero-order valence-electron chi connectivity index (χ0n) is 15.9. The molecular formula is C19H21N3O4S. The summed E-state index contributed by atoms with van der Waals surface area (Å²) in [6.07, 6.45) is 1.71. The number of imidazole rings is 1. The second-order valence-electron chi connectivity index (χ2n) is 6.25. The lowest BCUT2D eigenvalue weighted by Crippen LogP contribution is -2.10. The zero-order chi connectivity index (χ0) is 19.7. The van der Waals surface area contributed by atoms with Gasteiger partial charge in [0, 0.05) is 28.5 Å². The van der Waals surface area contributed by atoms with Gasteiger partial charge >= 0.3 is 11.1 Å². The predicted octanol–water partition coefficient (Wildman–Crippen LogP) is 2.99. The third-order valence-electron chi connectivity index (χ3n) is 4.44. The zero-order valence-corrected chi connectivity index (χ0v) is 16.7. The lowest BCUT2D eigenvalue weighted by atomic mass is 10.1. The van der Waals surface area contributed by atoms with Crippen molar-refractivity contribution >= 4 is 28.2 Å². The molecule has 0 saturated carbocycles. The number of aromatic nitrogens is 3. The molecule has 1 N–H and O–H groups in total. The van der Waals surface area contributed by atoms with E-state index in [0.717, 1.165) is 28.0 Å². The summed E-state index contributed by atoms with van der Waals surface area (Å²) in [5.41, 5.74) is 4.98. The second kappa shape index (κ2) is 7.58. The van der Waals surface area contributed by atoms with Gasteiger partial charge in [0.05, 0.1) is 36.5 Å². The molecule has 0 aliphatic rings. The third kappa shape index (κ3) is 3.63. The Labute approximate surface area is 160 Å². The Balaban J connectivity index is 1.92. The maximum Gasteiger partial charge on any atom is 0.338 e. The Kier molecular flexibility index (Phi) is 5.38. The van der Waals surface area contributed by atoms with Crippen LogP contribution in [0.5, 0.6) is 5.75 Å². The summed E-state index contributed by atoms with van der Waals surface area (Å²) in [5.74, 6) is 0.539. The SMILES string of the molecule is COC(=O)c1cc2nc([S+]([O-])Cc3ncc(C)c(OC)c3C)[nH]c2cc1C. The van der Waals surface area contributed by atoms with E-state index in [2.05, 4.69) is 15.0 Å². The van der Waals surface area contributed by atoms with Crippen molar-refractivity contribution in [2.24, 2.45) is 0 Å². The van der Waals surface area contributed by atoms with Gasteiger partial charge in [-0.3, -0.25) is 9.97 Å². The molecule has 0 saturated heterocycles. The van der Waals surface area contributed by atoms with E-state index in [9.17, 15) is 9.35 Å². The number of rotatable bonds is 5. The van der Waals surface area contributed by atoms with Gasteiger partial charge in [0.25, 0.3) is 0 Å². The molecule has 0 amide bonds. The summed E-state index contributed by atoms with van der Waals surface area (Å²) in [6.45, 7) is 5.63. The number of carbonyl (C=O) groups is 1. The maximum atomic E-state index is 12.8. The van der Waals surface area contributed by atoms with E-state index in [1.165, 1.54) is 7.11 Å². The number of methoxy groups -OCH3 is 2. The minimum absolute atomic E-state index is 0.213. The highest BCUT2D eigenvalue weighted by Gasteiger charge is 2.22. The van der Waals surface area contributed by atoms with Gasteiger partial charge in [0.2, 0.25) is 0 Å². The van der Waals surface area contributed by atoms with Crippen LogP contribution >= 0.6 is 0 Å². The largest absolute Gasteiger partial charge is 0.609 e. The summed E-state index contributed by atoms with van der Waals surface area (Å²) in [5, 5.41) is 0.340. The van der Waals surface area contributed by atoms with E-state index >= 15 is 0 Å². The fourth-order valence-electron chi connectivity index (χ4n) is 2.99. The van der Waals surface area contributed by atoms with Crippen LogP contribution in [0.3, 0.4) is 0 Å². The predicted molar refractivity (Wildman–Crippen MR) is 103 cm³/mol. The van der Waals surface area contributed by atoms with Gasteiger partial charge in [-0.1, -0.05) is 0 Å². The van der Waals surface area contributed by atoms with Crippen molar-refractivity contribution < 1.29 is 18.8 Å². The van der Waals surface area contributed by atoms with Crippen molar-refractivity contribution in [2.45, 2.75) is 31.7 Å². The molecule has 1 unspecified atom stereocenters. The van der Waals surface area contributed by atoms with Gasteiger partial charge in [0.1, 0.15) is 5.75 Å². The number of aryl methyl sites for hydroxylation is 2. The summed E-state index contributed by atoms with van der Waals surface area (Å²) in [4.78, 5) is 23.7. The standard InChI is InChI=1S/C19H21N3O4S/c1-10-6-14-15(7-13(10)18(23)26-5)22-19(21-14)27(24)9-16-12(3)17(25-4)11(2)8-20-16/h6-8H,9H2,1-5H3,(H,21,22). The van der Waals surface area contributed by atoms with Crippen molar-refractivity contribution in [1.29, 1.82) is 0 Å². The molecular weight excluding hydrogens is 366 g/mol. The molecule has 0 aliphatic heterocycles. The van der Waals surface area contributed by atoms with Crippen LogP contribution in [0.2, 0.25) is 0 Å². The van der Waals surface area contributed by atoms with Gasteiger partial charge in [-0.05, 0) is 38.5 Å². The Hall–Kier alpha value is -2.58. The van der Waals surface area contributed by atoms with Crippen LogP contribution in [-0.4, -0.2) is 39.7 Å². The third-order valence-corrected chi connectivity index (χ3v) is 5.61. The number of pyridine rings is 1. The molecule has 0 bridgehead atoms. The van der Waals surface area contributed by atoms with Crippen molar-refractivity contribution in [3.8, 4) is 5.75 Å². The van der Waals surface area contributed by atoms with Gasteiger partial charge in [0.15, 0.2) is 5.75 Å². The molecule has 27 heavy (non-hydrogen) atoms. The topological polar surface area (TPSA) is 100 Å². The number of hydrogen-bond acceptors (Lipinski definition) is 6. The monoisotopic (exact) mass is 387 g/mol. The van der Waals surface area contributed by atoms with Crippen LogP contribution in [0, 0.1) is 20.8 Å². The number of aromatic amines is 1. The molecule has 1 aromatic carbocycles. The van der Waals surface area contributed by atoms with Gasteiger partial charge in [-0.25, -0.2) is 4.79 Å². The minimum Gasteiger partial charge on any atom is -0.609 e. The number of fused-ring (bicyclic) bond motifs is 1. The van der Waals surface area contributed by atoms with E-state index in [1.54, 1.807) is 25.4 Å². The summed E-state index contributed by atoms with van der Waals surface area (Å²) < 4.78 is 23.0. The number of nitrogens with zero attached hydrogens (tertiary/aromatic N) is 2. The molecule has 2 aromatic heterocycles. The molecule has 3 aromatic rings. The van der Waals surface area contributed by atoms with Gasteiger partial charge in [-0.2, -0.15) is 4.98 Å². The van der Waals surface area contributed by atoms with Crippen LogP contribution in [0.25, 0.3) is 11.0 Å². The van der Waals surface area contributed by atoms with Crippen LogP contribution in [0.1, 0.15) is 32.7 Å². The molecule has 0 radical (unpaired) electrons. The van der Waals surface area contributed by atoms with Gasteiger partial charge < -0.3 is 14.0 Å². The fourth-order valence-corrected chi connectivity index (χ4v) is 4.09. The highest BCUT2D eigenvalue weighted by atomic mass is 32.2. The first kappa shape index (κ1) is 19.2. The van der Waals surface area contributed by atoms with E-state index in [0.29, 0.717) is 21.9 Å². The van der Waals surface area contributed by atoms with Crippen molar-refractivity contribution in [1.82, 2.24) is 15.0 Å². The molecule has 1 atom stereocenters. The first-order chi connectivity index (χ1) is 12.8. The number of benzene rings is 1. The summed E-state index contributed by atoms with van der Waals surface area (Å²) in [6, 6.07) is 3.44. The molecule has 2 heterocycles. The summed E-state index contributed by atoms with van der Waals surface area (Å²) in [7, 11) is 2.94. The Morgan fingerprint density at radius 3 is 2.63 bits per heavy atom. The second-order valence-corrected chi connectivity index (χ2v) is 7.62. The molecule has 3 rings (SSSR count). The number of nitrogens with one attached hydrogen (secondary N) is 1. The number of esters is 1. The van der Waals surface area contributed by atoms with Gasteiger partial charge in [-0.15, -0.1) is 0 Å². The molecule has 0 spiro atoms. The van der Waals surface area contributed by atoms with Crippen molar-refractivity contribution in [3.63, 3.8) is 0 Å². The first-order valence-electron chi connectivity index (χ1n) is 8.31. The Morgan fingerprint density at radius 2 is 1.96 bits per heavy atom. The molecule has 0 aliphatic carbocycles. The van der Waals surface area contributed by atoms with Crippen molar-refractivity contribution in [2.75, 3.05) is 14.2 Å². The molecule has 0 fully saturated rings. The average molecular weight is 387 g/mol. The number of H-pyrrole nitrogens is 1. The lowest BCUT2D eigenvalue weighted by molar-refractivity contribution is 0.0600. The summed E-state index contributed by atoms with van der Waals surface area (Å²) >= 11 is -1.42. The number of ether oxygens (including phenoxy) is 2. The van der Waals surface area contributed by atoms with Crippen LogP contribution in [0.15, 0.2) is 23.5 Å². The van der Waals surface area contributed by atoms with E-state index in [4.69, 9.17) is 9.47 Å². The fraction of sp³-hybridized carbons (Fsp3) is 0.316. The maximum absolute atomic E-state index is 12.8. The number of hydrogen-bond donors (Lipinski definition) is 1. The first-order valence-corrected chi connectivity index (χ1v) is 9.63. The smallest absolute Gasteiger partial charge is 0.338 e. The van der Waals surface area contributed by atoms with Crippen LogP contribution < -0.4 is 4.74 Å². The van der Waals surface area contributed by atoms with Crippen LogP contribution in [0.4, 0.5) is 0 Å². The van der Waals surface area contributed by atoms with E-state index in [1.807, 2.05) is 20.8 Å². The minimum atomic E-state index is -1.42.